The van der Waals surface area contributed by atoms with Gasteiger partial charge in [-0.2, -0.15) is 9.49 Å². The van der Waals surface area contributed by atoms with Crippen LogP contribution in [0.25, 0.3) is 0 Å². The van der Waals surface area contributed by atoms with Crippen LogP contribution in [0.1, 0.15) is 58.5 Å². The van der Waals surface area contributed by atoms with Crippen molar-refractivity contribution in [2.24, 2.45) is 7.05 Å². The summed E-state index contributed by atoms with van der Waals surface area (Å²) in [5.74, 6) is -1.00. The second kappa shape index (κ2) is 6.14. The molecule has 122 valence electrons. The van der Waals surface area contributed by atoms with Gasteiger partial charge in [0.05, 0.1) is 11.7 Å². The molecule has 0 spiro atoms. The summed E-state index contributed by atoms with van der Waals surface area (Å²) in [5.41, 5.74) is 4.29. The van der Waals surface area contributed by atoms with E-state index in [-0.39, 0.29) is 11.6 Å². The molecule has 1 amide bonds. The molecule has 1 heterocycles. The molecule has 1 aliphatic rings. The van der Waals surface area contributed by atoms with Crippen LogP contribution >= 0.6 is 0 Å². The molecular formula is C18H22FN3O. The van der Waals surface area contributed by atoms with Crippen molar-refractivity contribution >= 4 is 5.91 Å². The highest BCUT2D eigenvalue weighted by Gasteiger charge is 2.23. The Morgan fingerprint density at radius 3 is 2.78 bits per heavy atom. The molecule has 1 unspecified atom stereocenters. The molecule has 0 bridgehead atoms. The molecule has 23 heavy (non-hydrogen) atoms. The quantitative estimate of drug-likeness (QED) is 0.945. The van der Waals surface area contributed by atoms with Crippen molar-refractivity contribution in [3.05, 3.63) is 52.1 Å². The van der Waals surface area contributed by atoms with Gasteiger partial charge in [0.2, 0.25) is 5.95 Å². The molecule has 3 rings (SSSR count). The third-order valence-corrected chi connectivity index (χ3v) is 4.63. The number of nitrogens with one attached hydrogen (secondary N) is 1. The molecule has 2 aromatic rings. The number of rotatable bonds is 3. The van der Waals surface area contributed by atoms with Crippen molar-refractivity contribution in [2.45, 2.75) is 45.6 Å². The van der Waals surface area contributed by atoms with Crippen LogP contribution in [-0.2, 0) is 19.9 Å². The normalized spacial score (nSPS) is 15.1. The predicted molar refractivity (Wildman–Crippen MR) is 86.9 cm³/mol. The van der Waals surface area contributed by atoms with E-state index in [0.29, 0.717) is 5.69 Å². The molecule has 1 aromatic heterocycles. The fourth-order valence-electron chi connectivity index (χ4n) is 3.45. The van der Waals surface area contributed by atoms with Gasteiger partial charge in [0.1, 0.15) is 5.56 Å². The van der Waals surface area contributed by atoms with E-state index >= 15 is 0 Å². The van der Waals surface area contributed by atoms with E-state index in [1.54, 1.807) is 6.92 Å². The number of hydrogen-bond donors (Lipinski definition) is 1. The van der Waals surface area contributed by atoms with Crippen molar-refractivity contribution in [1.82, 2.24) is 15.1 Å². The van der Waals surface area contributed by atoms with Gasteiger partial charge in [-0.15, -0.1) is 0 Å². The topological polar surface area (TPSA) is 46.9 Å². The number of aromatic nitrogens is 2. The van der Waals surface area contributed by atoms with Crippen molar-refractivity contribution in [2.75, 3.05) is 0 Å². The zero-order valence-corrected chi connectivity index (χ0v) is 13.8. The second-order valence-corrected chi connectivity index (χ2v) is 6.26. The summed E-state index contributed by atoms with van der Waals surface area (Å²) in [7, 11) is 1.50. The Balaban J connectivity index is 1.85. The Bertz CT molecular complexity index is 751. The third kappa shape index (κ3) is 2.87. The summed E-state index contributed by atoms with van der Waals surface area (Å²) in [6.45, 7) is 3.60. The Labute approximate surface area is 135 Å². The van der Waals surface area contributed by atoms with Crippen LogP contribution in [-0.4, -0.2) is 15.7 Å². The molecule has 0 saturated carbocycles. The first-order chi connectivity index (χ1) is 11.0. The van der Waals surface area contributed by atoms with Gasteiger partial charge in [0.15, 0.2) is 0 Å². The fourth-order valence-corrected chi connectivity index (χ4v) is 3.45. The number of benzene rings is 1. The van der Waals surface area contributed by atoms with Gasteiger partial charge in [-0.05, 0) is 56.2 Å². The van der Waals surface area contributed by atoms with Crippen LogP contribution in [0, 0.1) is 12.9 Å². The lowest BCUT2D eigenvalue weighted by Crippen LogP contribution is -2.29. The van der Waals surface area contributed by atoms with Crippen molar-refractivity contribution < 1.29 is 9.18 Å². The summed E-state index contributed by atoms with van der Waals surface area (Å²) in [4.78, 5) is 12.4. The highest BCUT2D eigenvalue weighted by Crippen LogP contribution is 2.28. The minimum atomic E-state index is -0.595. The molecular weight excluding hydrogens is 293 g/mol. The van der Waals surface area contributed by atoms with Gasteiger partial charge in [-0.25, -0.2) is 4.68 Å². The molecule has 1 atom stereocenters. The van der Waals surface area contributed by atoms with Crippen LogP contribution in [0.4, 0.5) is 4.39 Å². The summed E-state index contributed by atoms with van der Waals surface area (Å²) >= 11 is 0. The maximum Gasteiger partial charge on any atom is 0.258 e. The zero-order chi connectivity index (χ0) is 16.6. The van der Waals surface area contributed by atoms with Crippen molar-refractivity contribution in [3.63, 3.8) is 0 Å². The maximum atomic E-state index is 14.0. The van der Waals surface area contributed by atoms with Crippen LogP contribution in [0.2, 0.25) is 0 Å². The monoisotopic (exact) mass is 315 g/mol. The third-order valence-electron chi connectivity index (χ3n) is 4.63. The van der Waals surface area contributed by atoms with Crippen molar-refractivity contribution in [1.29, 1.82) is 0 Å². The zero-order valence-electron chi connectivity index (χ0n) is 13.8. The molecule has 4 nitrogen and oxygen atoms in total. The number of carbonyl (C=O) groups excluding carboxylic acids is 1. The Morgan fingerprint density at radius 1 is 1.35 bits per heavy atom. The van der Waals surface area contributed by atoms with E-state index in [1.165, 1.54) is 31.0 Å². The molecule has 0 radical (unpaired) electrons. The lowest BCUT2D eigenvalue weighted by Gasteiger charge is -2.23. The van der Waals surface area contributed by atoms with Crippen LogP contribution in [0.3, 0.4) is 0 Å². The van der Waals surface area contributed by atoms with E-state index in [2.05, 4.69) is 22.5 Å². The van der Waals surface area contributed by atoms with E-state index < -0.39 is 11.9 Å². The van der Waals surface area contributed by atoms with Gasteiger partial charge in [0.25, 0.3) is 5.91 Å². The minimum absolute atomic E-state index is 0.0316. The minimum Gasteiger partial charge on any atom is -0.345 e. The van der Waals surface area contributed by atoms with Crippen LogP contribution in [0.5, 0.6) is 0 Å². The first-order valence-electron chi connectivity index (χ1n) is 8.09. The average Bonchev–Trinajstić information content (AvgIpc) is 2.79. The van der Waals surface area contributed by atoms with Gasteiger partial charge >= 0.3 is 0 Å². The maximum absolute atomic E-state index is 14.0. The molecule has 1 aromatic carbocycles. The predicted octanol–water partition coefficient (Wildman–Crippen LogP) is 3.24. The summed E-state index contributed by atoms with van der Waals surface area (Å²) in [6, 6.07) is 6.10. The molecule has 0 aliphatic heterocycles. The van der Waals surface area contributed by atoms with E-state index in [1.807, 2.05) is 13.0 Å². The first kappa shape index (κ1) is 15.7. The van der Waals surface area contributed by atoms with Gasteiger partial charge < -0.3 is 5.32 Å². The summed E-state index contributed by atoms with van der Waals surface area (Å²) < 4.78 is 15.1. The lowest BCUT2D eigenvalue weighted by molar-refractivity contribution is 0.0934. The first-order valence-corrected chi connectivity index (χ1v) is 8.09. The molecule has 0 fully saturated rings. The number of carbonyl (C=O) groups is 1. The van der Waals surface area contributed by atoms with Crippen LogP contribution in [0.15, 0.2) is 18.2 Å². The number of amides is 1. The van der Waals surface area contributed by atoms with E-state index in [9.17, 15) is 9.18 Å². The summed E-state index contributed by atoms with van der Waals surface area (Å²) in [5, 5.41) is 6.89. The average molecular weight is 315 g/mol. The van der Waals surface area contributed by atoms with Gasteiger partial charge in [0, 0.05) is 7.05 Å². The molecule has 0 saturated heterocycles. The number of fused-ring (bicyclic) bond motifs is 1. The standard InChI is InChI=1S/C18H22FN3O/c1-11(14-10-6-8-13-7-4-5-9-15(13)14)20-18(23)16-12(2)21-22(3)17(16)19/h6,8,10-11H,4-5,7,9H2,1-3H3,(H,20,23). The van der Waals surface area contributed by atoms with E-state index in [0.717, 1.165) is 23.1 Å². The molecule has 1 N–H and O–H groups in total. The Kier molecular flexibility index (Phi) is 4.20. The second-order valence-electron chi connectivity index (χ2n) is 6.26. The van der Waals surface area contributed by atoms with Crippen molar-refractivity contribution in [3.8, 4) is 0 Å². The number of nitrogens with zero attached hydrogens (tertiary/aromatic N) is 2. The molecule has 1 aliphatic carbocycles. The van der Waals surface area contributed by atoms with Crippen LogP contribution < -0.4 is 5.32 Å². The van der Waals surface area contributed by atoms with E-state index in [4.69, 9.17) is 0 Å². The van der Waals surface area contributed by atoms with Gasteiger partial charge in [-0.1, -0.05) is 18.2 Å². The fraction of sp³-hybridized carbons (Fsp3) is 0.444. The molecule has 5 heteroatoms. The summed E-state index contributed by atoms with van der Waals surface area (Å²) in [6.07, 6.45) is 4.55. The largest absolute Gasteiger partial charge is 0.345 e. The number of aryl methyl sites for hydroxylation is 3. The Morgan fingerprint density at radius 2 is 2.09 bits per heavy atom. The smallest absolute Gasteiger partial charge is 0.258 e. The highest BCUT2D eigenvalue weighted by atomic mass is 19.1. The number of halogens is 1. The lowest BCUT2D eigenvalue weighted by atomic mass is 9.86. The Hall–Kier alpha value is -2.17. The SMILES string of the molecule is Cc1nn(C)c(F)c1C(=O)NC(C)c1cccc2c1CCCC2. The number of hydrogen-bond acceptors (Lipinski definition) is 2. The van der Waals surface area contributed by atoms with Gasteiger partial charge in [-0.3, -0.25) is 4.79 Å². The highest BCUT2D eigenvalue weighted by molar-refractivity contribution is 5.95.